The molecule has 0 saturated heterocycles. The van der Waals surface area contributed by atoms with Crippen molar-refractivity contribution < 1.29 is 9.59 Å². The molecule has 1 atom stereocenters. The van der Waals surface area contributed by atoms with E-state index in [1.807, 2.05) is 24.3 Å². The van der Waals surface area contributed by atoms with Crippen molar-refractivity contribution in [1.29, 1.82) is 5.26 Å². The summed E-state index contributed by atoms with van der Waals surface area (Å²) in [6.45, 7) is 0. The molecule has 0 aliphatic carbocycles. The number of carbonyl (C=O) groups excluding carboxylic acids is 2. The fourth-order valence-electron chi connectivity index (χ4n) is 1.88. The van der Waals surface area contributed by atoms with E-state index in [2.05, 4.69) is 5.32 Å². The Morgan fingerprint density at radius 3 is 2.86 bits per heavy atom. The van der Waals surface area contributed by atoms with Crippen LogP contribution in [0.2, 0.25) is 5.02 Å². The largest absolute Gasteiger partial charge is 0.369 e. The van der Waals surface area contributed by atoms with Gasteiger partial charge in [0.25, 0.3) is 0 Å². The molecule has 7 heteroatoms. The Morgan fingerprint density at radius 2 is 2.24 bits per heavy atom. The molecule has 0 fully saturated rings. The summed E-state index contributed by atoms with van der Waals surface area (Å²) in [7, 11) is 0. The van der Waals surface area contributed by atoms with Gasteiger partial charge in [-0.15, -0.1) is 11.8 Å². The molecule has 1 heterocycles. The van der Waals surface area contributed by atoms with E-state index in [1.165, 1.54) is 11.8 Å². The number of nitrogens with zero attached hydrogens (tertiary/aromatic N) is 1. The van der Waals surface area contributed by atoms with Crippen LogP contribution >= 0.6 is 23.4 Å². The molecule has 0 aromatic heterocycles. The molecular formula is C14H12ClN3O2S. The van der Waals surface area contributed by atoms with E-state index >= 15 is 0 Å². The van der Waals surface area contributed by atoms with Gasteiger partial charge in [0.15, 0.2) is 0 Å². The van der Waals surface area contributed by atoms with Crippen LogP contribution in [0, 0.1) is 17.2 Å². The molecule has 1 aliphatic rings. The minimum Gasteiger partial charge on any atom is -0.369 e. The van der Waals surface area contributed by atoms with E-state index < -0.39 is 17.7 Å². The summed E-state index contributed by atoms with van der Waals surface area (Å²) in [5, 5.41) is 12.8. The number of nitrogens with two attached hydrogens (primary N) is 1. The van der Waals surface area contributed by atoms with Crippen molar-refractivity contribution >= 4 is 35.2 Å². The van der Waals surface area contributed by atoms with E-state index in [0.717, 1.165) is 5.56 Å². The fourth-order valence-corrected chi connectivity index (χ4v) is 3.19. The van der Waals surface area contributed by atoms with Gasteiger partial charge in [0.2, 0.25) is 11.8 Å². The third kappa shape index (κ3) is 3.57. The SMILES string of the molecule is N#CC1=C(SCc2ccccc2Cl)NC(=O)[C@@H](C(N)=O)C1. The summed E-state index contributed by atoms with van der Waals surface area (Å²) in [5.41, 5.74) is 6.41. The van der Waals surface area contributed by atoms with Crippen LogP contribution in [0.15, 0.2) is 34.9 Å². The van der Waals surface area contributed by atoms with Gasteiger partial charge in [-0.2, -0.15) is 5.26 Å². The van der Waals surface area contributed by atoms with Gasteiger partial charge in [-0.05, 0) is 11.6 Å². The number of primary amides is 1. The number of rotatable bonds is 4. The van der Waals surface area contributed by atoms with Gasteiger partial charge in [0.1, 0.15) is 5.92 Å². The number of hydrogen-bond acceptors (Lipinski definition) is 4. The Morgan fingerprint density at radius 1 is 1.52 bits per heavy atom. The Hall–Kier alpha value is -1.97. The van der Waals surface area contributed by atoms with Gasteiger partial charge in [0, 0.05) is 17.2 Å². The number of nitriles is 1. The van der Waals surface area contributed by atoms with Gasteiger partial charge in [0.05, 0.1) is 16.7 Å². The summed E-state index contributed by atoms with van der Waals surface area (Å²) in [6.07, 6.45) is 0.0442. The predicted molar refractivity (Wildman–Crippen MR) is 80.8 cm³/mol. The van der Waals surface area contributed by atoms with Crippen molar-refractivity contribution in [3.63, 3.8) is 0 Å². The number of nitrogens with one attached hydrogen (secondary N) is 1. The molecule has 3 N–H and O–H groups in total. The third-order valence-corrected chi connectivity index (χ3v) is 4.51. The van der Waals surface area contributed by atoms with E-state index in [4.69, 9.17) is 22.6 Å². The van der Waals surface area contributed by atoms with Crippen LogP contribution in [0.3, 0.4) is 0 Å². The third-order valence-electron chi connectivity index (χ3n) is 3.04. The summed E-state index contributed by atoms with van der Waals surface area (Å²) < 4.78 is 0. The van der Waals surface area contributed by atoms with Crippen LogP contribution < -0.4 is 11.1 Å². The molecule has 0 bridgehead atoms. The van der Waals surface area contributed by atoms with E-state index in [0.29, 0.717) is 21.4 Å². The monoisotopic (exact) mass is 321 g/mol. The lowest BCUT2D eigenvalue weighted by atomic mass is 9.96. The second-order valence-electron chi connectivity index (χ2n) is 4.45. The quantitative estimate of drug-likeness (QED) is 0.828. The van der Waals surface area contributed by atoms with Crippen LogP contribution in [0.4, 0.5) is 0 Å². The van der Waals surface area contributed by atoms with Gasteiger partial charge in [-0.25, -0.2) is 0 Å². The summed E-state index contributed by atoms with van der Waals surface area (Å²) >= 11 is 7.37. The lowest BCUT2D eigenvalue weighted by Gasteiger charge is -2.22. The minimum absolute atomic E-state index is 0.0442. The van der Waals surface area contributed by atoms with E-state index in [1.54, 1.807) is 6.07 Å². The Balaban J connectivity index is 2.15. The molecule has 5 nitrogen and oxygen atoms in total. The van der Waals surface area contributed by atoms with Crippen molar-refractivity contribution in [3.8, 4) is 6.07 Å². The Kier molecular flexibility index (Phi) is 4.89. The van der Waals surface area contributed by atoms with Gasteiger partial charge in [-0.3, -0.25) is 9.59 Å². The summed E-state index contributed by atoms with van der Waals surface area (Å²) in [5.74, 6) is -1.66. The van der Waals surface area contributed by atoms with Crippen LogP contribution in [-0.4, -0.2) is 11.8 Å². The molecule has 21 heavy (non-hydrogen) atoms. The number of amides is 2. The highest BCUT2D eigenvalue weighted by Crippen LogP contribution is 2.31. The molecule has 1 aromatic rings. The van der Waals surface area contributed by atoms with Crippen molar-refractivity contribution in [3.05, 3.63) is 45.5 Å². The highest BCUT2D eigenvalue weighted by Gasteiger charge is 2.32. The smallest absolute Gasteiger partial charge is 0.237 e. The van der Waals surface area contributed by atoms with Crippen molar-refractivity contribution in [2.45, 2.75) is 12.2 Å². The number of allylic oxidation sites excluding steroid dienone is 1. The molecule has 2 amide bonds. The van der Waals surface area contributed by atoms with E-state index in [9.17, 15) is 9.59 Å². The molecule has 1 aromatic carbocycles. The Bertz CT molecular complexity index is 666. The topological polar surface area (TPSA) is 96.0 Å². The first-order valence-electron chi connectivity index (χ1n) is 6.12. The Labute approximate surface area is 131 Å². The van der Waals surface area contributed by atoms with Crippen LogP contribution in [0.25, 0.3) is 0 Å². The average Bonchev–Trinajstić information content (AvgIpc) is 2.46. The van der Waals surface area contributed by atoms with Gasteiger partial charge < -0.3 is 11.1 Å². The molecular weight excluding hydrogens is 310 g/mol. The lowest BCUT2D eigenvalue weighted by molar-refractivity contribution is -0.133. The molecule has 108 valence electrons. The average molecular weight is 322 g/mol. The van der Waals surface area contributed by atoms with Crippen LogP contribution in [0.5, 0.6) is 0 Å². The second-order valence-corrected chi connectivity index (χ2v) is 5.84. The molecule has 0 saturated carbocycles. The standard InChI is InChI=1S/C14H12ClN3O2S/c15-11-4-2-1-3-8(11)7-21-14-9(6-16)5-10(12(17)19)13(20)18-14/h1-4,10H,5,7H2,(H2,17,19)(H,18,20)/t10-/m1/s1. The normalized spacial score (nSPS) is 18.1. The molecule has 0 spiro atoms. The second kappa shape index (κ2) is 6.66. The highest BCUT2D eigenvalue weighted by atomic mass is 35.5. The van der Waals surface area contributed by atoms with Crippen molar-refractivity contribution in [1.82, 2.24) is 5.32 Å². The maximum atomic E-state index is 11.8. The van der Waals surface area contributed by atoms with Crippen molar-refractivity contribution in [2.24, 2.45) is 11.7 Å². The maximum absolute atomic E-state index is 11.8. The predicted octanol–water partition coefficient (Wildman–Crippen LogP) is 1.93. The molecule has 1 aliphatic heterocycles. The van der Waals surface area contributed by atoms with E-state index in [-0.39, 0.29) is 6.42 Å². The van der Waals surface area contributed by atoms with Crippen LogP contribution in [-0.2, 0) is 15.3 Å². The zero-order chi connectivity index (χ0) is 15.4. The number of halogens is 1. The highest BCUT2D eigenvalue weighted by molar-refractivity contribution is 8.02. The fraction of sp³-hybridized carbons (Fsp3) is 0.214. The van der Waals surface area contributed by atoms with Crippen molar-refractivity contribution in [2.75, 3.05) is 0 Å². The first kappa shape index (κ1) is 15.4. The number of thioether (sulfide) groups is 1. The first-order valence-corrected chi connectivity index (χ1v) is 7.49. The zero-order valence-electron chi connectivity index (χ0n) is 10.9. The molecule has 0 unspecified atom stereocenters. The van der Waals surface area contributed by atoms with Gasteiger partial charge >= 0.3 is 0 Å². The zero-order valence-corrected chi connectivity index (χ0v) is 12.5. The van der Waals surface area contributed by atoms with Gasteiger partial charge in [-0.1, -0.05) is 29.8 Å². The minimum atomic E-state index is -0.982. The lowest BCUT2D eigenvalue weighted by Crippen LogP contribution is -2.41. The first-order chi connectivity index (χ1) is 10.0. The molecule has 0 radical (unpaired) electrons. The summed E-state index contributed by atoms with van der Waals surface area (Å²) in [6, 6.07) is 9.36. The number of hydrogen-bond donors (Lipinski definition) is 2. The molecule has 2 rings (SSSR count). The maximum Gasteiger partial charge on any atom is 0.237 e. The van der Waals surface area contributed by atoms with Crippen LogP contribution in [0.1, 0.15) is 12.0 Å². The number of benzene rings is 1. The summed E-state index contributed by atoms with van der Waals surface area (Å²) in [4.78, 5) is 23.0. The number of carbonyl (C=O) groups is 2.